The molecule has 0 saturated heterocycles. The van der Waals surface area contributed by atoms with E-state index in [1.807, 2.05) is 0 Å². The van der Waals surface area contributed by atoms with Crippen molar-refractivity contribution in [3.63, 3.8) is 0 Å². The molecule has 64 heavy (non-hydrogen) atoms. The van der Waals surface area contributed by atoms with Crippen LogP contribution in [-0.2, 0) is 28.6 Å². The fourth-order valence-electron chi connectivity index (χ4n) is 7.47. The second-order valence-electron chi connectivity index (χ2n) is 17.7. The van der Waals surface area contributed by atoms with E-state index in [1.54, 1.807) is 0 Å². The second kappa shape index (κ2) is 52.5. The summed E-state index contributed by atoms with van der Waals surface area (Å²) in [6.07, 6.45) is 66.0. The average molecular weight is 893 g/mol. The van der Waals surface area contributed by atoms with Gasteiger partial charge in [0.2, 0.25) is 0 Å². The van der Waals surface area contributed by atoms with Gasteiger partial charge in [0.1, 0.15) is 13.2 Å². The molecule has 0 aromatic carbocycles. The summed E-state index contributed by atoms with van der Waals surface area (Å²) < 4.78 is 16.8. The van der Waals surface area contributed by atoms with Crippen LogP contribution in [0.1, 0.15) is 258 Å². The van der Waals surface area contributed by atoms with Crippen molar-refractivity contribution < 1.29 is 28.6 Å². The molecule has 0 aliphatic rings. The number of carbonyl (C=O) groups is 3. The third kappa shape index (κ3) is 49.9. The van der Waals surface area contributed by atoms with Gasteiger partial charge in [-0.05, 0) is 83.5 Å². The Bertz CT molecular complexity index is 1210. The highest BCUT2D eigenvalue weighted by molar-refractivity contribution is 5.71. The SMILES string of the molecule is CC/C=C\C/C=C\C/C=C\C/C=C\CCCCCC(=O)OCC(COC(=O)CCCCCCCCC/C=C\C/C=C\CC)OC(=O)CCCCCCCCCCCCCCCCCC. The third-order valence-corrected chi connectivity index (χ3v) is 11.5. The van der Waals surface area contributed by atoms with E-state index >= 15 is 0 Å². The van der Waals surface area contributed by atoms with Gasteiger partial charge in [0, 0.05) is 19.3 Å². The molecule has 0 N–H and O–H groups in total. The molecule has 0 radical (unpaired) electrons. The summed E-state index contributed by atoms with van der Waals surface area (Å²) in [5, 5.41) is 0. The van der Waals surface area contributed by atoms with Gasteiger partial charge in [-0.25, -0.2) is 0 Å². The molecule has 0 bridgehead atoms. The van der Waals surface area contributed by atoms with Gasteiger partial charge in [-0.1, -0.05) is 229 Å². The lowest BCUT2D eigenvalue weighted by Crippen LogP contribution is -2.30. The lowest BCUT2D eigenvalue weighted by Gasteiger charge is -2.18. The number of hydrogen-bond donors (Lipinski definition) is 0. The molecule has 0 saturated carbocycles. The zero-order valence-electron chi connectivity index (χ0n) is 42.0. The standard InChI is InChI=1S/C58H100O6/c1-4-7-10-13-16-19-22-25-28-30-33-36-39-42-45-48-51-57(60)63-54-55(53-62-56(59)50-47-44-41-38-35-32-27-24-21-18-15-12-9-6-3)64-58(61)52-49-46-43-40-37-34-31-29-26-23-20-17-14-11-8-5-2/h7,9-10,12,16,18-19,21,25,28,33,36,55H,4-6,8,11,13-15,17,20,22-24,26-27,29-32,34-35,37-54H2,1-3H3/b10-7-,12-9-,19-16-,21-18-,28-25-,36-33-. The average Bonchev–Trinajstić information content (AvgIpc) is 3.29. The molecule has 1 unspecified atom stereocenters. The molecule has 0 aromatic rings. The van der Waals surface area contributed by atoms with E-state index in [0.717, 1.165) is 109 Å². The van der Waals surface area contributed by atoms with Gasteiger partial charge >= 0.3 is 17.9 Å². The quantitative estimate of drug-likeness (QED) is 0.0262. The topological polar surface area (TPSA) is 78.9 Å². The molecular weight excluding hydrogens is 793 g/mol. The fourth-order valence-corrected chi connectivity index (χ4v) is 7.47. The van der Waals surface area contributed by atoms with Crippen molar-refractivity contribution in [1.29, 1.82) is 0 Å². The van der Waals surface area contributed by atoms with Gasteiger partial charge in [0.25, 0.3) is 0 Å². The lowest BCUT2D eigenvalue weighted by molar-refractivity contribution is -0.167. The van der Waals surface area contributed by atoms with Crippen molar-refractivity contribution in [2.75, 3.05) is 13.2 Å². The van der Waals surface area contributed by atoms with Crippen LogP contribution >= 0.6 is 0 Å². The highest BCUT2D eigenvalue weighted by atomic mass is 16.6. The van der Waals surface area contributed by atoms with Gasteiger partial charge in [-0.15, -0.1) is 0 Å². The van der Waals surface area contributed by atoms with Crippen molar-refractivity contribution in [2.24, 2.45) is 0 Å². The van der Waals surface area contributed by atoms with Crippen LogP contribution < -0.4 is 0 Å². The number of allylic oxidation sites excluding steroid dienone is 12. The number of carbonyl (C=O) groups excluding carboxylic acids is 3. The fraction of sp³-hybridized carbons (Fsp3) is 0.741. The normalized spacial score (nSPS) is 12.6. The number of ether oxygens (including phenoxy) is 3. The van der Waals surface area contributed by atoms with Gasteiger partial charge < -0.3 is 14.2 Å². The summed E-state index contributed by atoms with van der Waals surface area (Å²) >= 11 is 0. The first kappa shape index (κ1) is 60.9. The summed E-state index contributed by atoms with van der Waals surface area (Å²) in [5.41, 5.74) is 0. The van der Waals surface area contributed by atoms with Crippen LogP contribution in [-0.4, -0.2) is 37.2 Å². The maximum absolute atomic E-state index is 12.8. The van der Waals surface area contributed by atoms with Gasteiger partial charge in [0.05, 0.1) is 0 Å². The largest absolute Gasteiger partial charge is 0.462 e. The van der Waals surface area contributed by atoms with E-state index < -0.39 is 6.10 Å². The van der Waals surface area contributed by atoms with Crippen LogP contribution in [0.25, 0.3) is 0 Å². The maximum Gasteiger partial charge on any atom is 0.306 e. The molecule has 0 fully saturated rings. The van der Waals surface area contributed by atoms with Crippen LogP contribution in [0.3, 0.4) is 0 Å². The van der Waals surface area contributed by atoms with Crippen LogP contribution in [0, 0.1) is 0 Å². The maximum atomic E-state index is 12.8. The molecule has 0 aromatic heterocycles. The lowest BCUT2D eigenvalue weighted by atomic mass is 10.0. The van der Waals surface area contributed by atoms with Crippen molar-refractivity contribution in [3.8, 4) is 0 Å². The monoisotopic (exact) mass is 893 g/mol. The number of hydrogen-bond acceptors (Lipinski definition) is 6. The Morgan fingerprint density at radius 3 is 0.969 bits per heavy atom. The predicted molar refractivity (Wildman–Crippen MR) is 274 cm³/mol. The molecule has 6 nitrogen and oxygen atoms in total. The molecule has 368 valence electrons. The first-order valence-corrected chi connectivity index (χ1v) is 26.9. The summed E-state index contributed by atoms with van der Waals surface area (Å²) in [4.78, 5) is 38.0. The van der Waals surface area contributed by atoms with E-state index in [1.165, 1.54) is 109 Å². The van der Waals surface area contributed by atoms with E-state index in [4.69, 9.17) is 14.2 Å². The zero-order valence-corrected chi connectivity index (χ0v) is 42.0. The van der Waals surface area contributed by atoms with Gasteiger partial charge in [0.15, 0.2) is 6.10 Å². The molecule has 6 heteroatoms. The Hall–Kier alpha value is -3.15. The molecule has 0 amide bonds. The van der Waals surface area contributed by atoms with Crippen molar-refractivity contribution in [1.82, 2.24) is 0 Å². The van der Waals surface area contributed by atoms with Crippen molar-refractivity contribution in [3.05, 3.63) is 72.9 Å². The summed E-state index contributed by atoms with van der Waals surface area (Å²) in [7, 11) is 0. The Balaban J connectivity index is 4.43. The molecular formula is C58H100O6. The number of rotatable bonds is 48. The Morgan fingerprint density at radius 2 is 0.609 bits per heavy atom. The molecule has 0 aliphatic carbocycles. The highest BCUT2D eigenvalue weighted by Crippen LogP contribution is 2.16. The minimum absolute atomic E-state index is 0.0883. The number of unbranched alkanes of at least 4 members (excludes halogenated alkanes) is 25. The first-order chi connectivity index (χ1) is 31.5. The molecule has 1 atom stereocenters. The minimum Gasteiger partial charge on any atom is -0.462 e. The summed E-state index contributed by atoms with van der Waals surface area (Å²) in [6.45, 7) is 6.40. The van der Waals surface area contributed by atoms with E-state index in [2.05, 4.69) is 93.7 Å². The first-order valence-electron chi connectivity index (χ1n) is 26.9. The molecule has 0 rings (SSSR count). The molecule has 0 spiro atoms. The third-order valence-electron chi connectivity index (χ3n) is 11.5. The minimum atomic E-state index is -0.790. The highest BCUT2D eigenvalue weighted by Gasteiger charge is 2.19. The van der Waals surface area contributed by atoms with E-state index in [-0.39, 0.29) is 31.1 Å². The number of esters is 3. The Labute approximate surface area is 395 Å². The van der Waals surface area contributed by atoms with Gasteiger partial charge in [-0.2, -0.15) is 0 Å². The zero-order chi connectivity index (χ0) is 46.5. The summed E-state index contributed by atoms with van der Waals surface area (Å²) in [5.74, 6) is -0.921. The molecule has 0 aliphatic heterocycles. The van der Waals surface area contributed by atoms with Crippen molar-refractivity contribution >= 4 is 17.9 Å². The van der Waals surface area contributed by atoms with Crippen LogP contribution in [0.5, 0.6) is 0 Å². The summed E-state index contributed by atoms with van der Waals surface area (Å²) in [6, 6.07) is 0. The van der Waals surface area contributed by atoms with Crippen LogP contribution in [0.2, 0.25) is 0 Å². The molecule has 0 heterocycles. The smallest absolute Gasteiger partial charge is 0.306 e. The van der Waals surface area contributed by atoms with Crippen LogP contribution in [0.15, 0.2) is 72.9 Å². The Kier molecular flexibility index (Phi) is 49.9. The Morgan fingerprint density at radius 1 is 0.328 bits per heavy atom. The predicted octanol–water partition coefficient (Wildman–Crippen LogP) is 17.8. The van der Waals surface area contributed by atoms with Crippen molar-refractivity contribution in [2.45, 2.75) is 264 Å². The second-order valence-corrected chi connectivity index (χ2v) is 17.7. The van der Waals surface area contributed by atoms with Crippen LogP contribution in [0.4, 0.5) is 0 Å². The van der Waals surface area contributed by atoms with E-state index in [9.17, 15) is 14.4 Å². The van der Waals surface area contributed by atoms with Gasteiger partial charge in [-0.3, -0.25) is 14.4 Å². The van der Waals surface area contributed by atoms with E-state index in [0.29, 0.717) is 19.3 Å².